The molecule has 1 aliphatic rings. The van der Waals surface area contributed by atoms with Gasteiger partial charge < -0.3 is 9.84 Å². The summed E-state index contributed by atoms with van der Waals surface area (Å²) < 4.78 is 4.93. The molecule has 1 aromatic heterocycles. The van der Waals surface area contributed by atoms with E-state index >= 15 is 0 Å². The predicted molar refractivity (Wildman–Crippen MR) is 48.3 cm³/mol. The minimum absolute atomic E-state index is 0.670. The highest BCUT2D eigenvalue weighted by atomic mass is 16.5. The van der Waals surface area contributed by atoms with Gasteiger partial charge in [-0.3, -0.25) is 0 Å². The highest BCUT2D eigenvalue weighted by molar-refractivity contribution is 4.87. The van der Waals surface area contributed by atoms with E-state index in [1.165, 1.54) is 12.8 Å². The summed E-state index contributed by atoms with van der Waals surface area (Å²) >= 11 is 0. The summed E-state index contributed by atoms with van der Waals surface area (Å²) in [7, 11) is 0. The SMILES string of the molecule is Cc1nc(CC2CCNCC2)no1. The molecular weight excluding hydrogens is 166 g/mol. The molecule has 2 heterocycles. The lowest BCUT2D eigenvalue weighted by molar-refractivity contribution is 0.351. The Morgan fingerprint density at radius 3 is 2.85 bits per heavy atom. The average molecular weight is 181 g/mol. The maximum Gasteiger partial charge on any atom is 0.223 e. The van der Waals surface area contributed by atoms with E-state index in [1.807, 2.05) is 6.92 Å². The fourth-order valence-corrected chi connectivity index (χ4v) is 1.77. The molecule has 0 atom stereocenters. The van der Waals surface area contributed by atoms with Crippen molar-refractivity contribution in [3.8, 4) is 0 Å². The van der Waals surface area contributed by atoms with Crippen molar-refractivity contribution in [2.24, 2.45) is 5.92 Å². The normalized spacial score (nSPS) is 19.2. The van der Waals surface area contributed by atoms with E-state index in [1.54, 1.807) is 0 Å². The van der Waals surface area contributed by atoms with Crippen molar-refractivity contribution in [3.05, 3.63) is 11.7 Å². The summed E-state index contributed by atoms with van der Waals surface area (Å²) in [4.78, 5) is 4.21. The molecular formula is C9H15N3O. The second-order valence-corrected chi connectivity index (χ2v) is 3.63. The number of nitrogens with one attached hydrogen (secondary N) is 1. The van der Waals surface area contributed by atoms with Crippen LogP contribution in [-0.4, -0.2) is 23.2 Å². The van der Waals surface area contributed by atoms with Crippen molar-refractivity contribution in [1.29, 1.82) is 0 Å². The molecule has 0 bridgehead atoms. The summed E-state index contributed by atoms with van der Waals surface area (Å²) in [5, 5.41) is 7.24. The van der Waals surface area contributed by atoms with Crippen molar-refractivity contribution in [3.63, 3.8) is 0 Å². The van der Waals surface area contributed by atoms with E-state index in [0.29, 0.717) is 5.89 Å². The van der Waals surface area contributed by atoms with Gasteiger partial charge in [-0.05, 0) is 31.8 Å². The van der Waals surface area contributed by atoms with E-state index in [2.05, 4.69) is 15.5 Å². The van der Waals surface area contributed by atoms with Gasteiger partial charge in [0.1, 0.15) is 0 Å². The van der Waals surface area contributed by atoms with Gasteiger partial charge >= 0.3 is 0 Å². The number of hydrogen-bond donors (Lipinski definition) is 1. The number of hydrogen-bond acceptors (Lipinski definition) is 4. The molecule has 1 fully saturated rings. The molecule has 1 N–H and O–H groups in total. The zero-order valence-electron chi connectivity index (χ0n) is 7.92. The summed E-state index contributed by atoms with van der Waals surface area (Å²) in [6.45, 7) is 4.09. The number of piperidine rings is 1. The van der Waals surface area contributed by atoms with Crippen LogP contribution in [0.25, 0.3) is 0 Å². The van der Waals surface area contributed by atoms with Crippen molar-refractivity contribution >= 4 is 0 Å². The van der Waals surface area contributed by atoms with Gasteiger partial charge in [-0.1, -0.05) is 5.16 Å². The first kappa shape index (κ1) is 8.69. The largest absolute Gasteiger partial charge is 0.340 e. The molecule has 0 aliphatic carbocycles. The van der Waals surface area contributed by atoms with Gasteiger partial charge in [-0.25, -0.2) is 0 Å². The quantitative estimate of drug-likeness (QED) is 0.737. The number of aromatic nitrogens is 2. The summed E-state index contributed by atoms with van der Waals surface area (Å²) in [6, 6.07) is 0. The van der Waals surface area contributed by atoms with Gasteiger partial charge in [-0.2, -0.15) is 4.98 Å². The summed E-state index contributed by atoms with van der Waals surface area (Å²) in [5.74, 6) is 2.27. The highest BCUT2D eigenvalue weighted by Gasteiger charge is 2.15. The van der Waals surface area contributed by atoms with Crippen LogP contribution in [-0.2, 0) is 6.42 Å². The standard InChI is InChI=1S/C9H15N3O/c1-7-11-9(12-13-7)6-8-2-4-10-5-3-8/h8,10H,2-6H2,1H3. The van der Waals surface area contributed by atoms with Gasteiger partial charge in [0, 0.05) is 13.3 Å². The van der Waals surface area contributed by atoms with E-state index in [-0.39, 0.29) is 0 Å². The third kappa shape index (κ3) is 2.28. The Labute approximate surface area is 77.7 Å². The third-order valence-electron chi connectivity index (χ3n) is 2.50. The van der Waals surface area contributed by atoms with E-state index in [0.717, 1.165) is 31.3 Å². The fourth-order valence-electron chi connectivity index (χ4n) is 1.77. The molecule has 1 aromatic rings. The van der Waals surface area contributed by atoms with Crippen LogP contribution in [0.3, 0.4) is 0 Å². The Bertz CT molecular complexity index is 266. The van der Waals surface area contributed by atoms with Gasteiger partial charge in [-0.15, -0.1) is 0 Å². The van der Waals surface area contributed by atoms with Crippen molar-refractivity contribution in [1.82, 2.24) is 15.5 Å². The second kappa shape index (κ2) is 3.87. The zero-order chi connectivity index (χ0) is 9.10. The Morgan fingerprint density at radius 1 is 1.46 bits per heavy atom. The second-order valence-electron chi connectivity index (χ2n) is 3.63. The fraction of sp³-hybridized carbons (Fsp3) is 0.778. The molecule has 13 heavy (non-hydrogen) atoms. The highest BCUT2D eigenvalue weighted by Crippen LogP contribution is 2.15. The minimum Gasteiger partial charge on any atom is -0.340 e. The van der Waals surface area contributed by atoms with Crippen molar-refractivity contribution < 1.29 is 4.52 Å². The molecule has 2 rings (SSSR count). The first-order valence-corrected chi connectivity index (χ1v) is 4.84. The Balaban J connectivity index is 1.89. The van der Waals surface area contributed by atoms with Crippen LogP contribution in [0, 0.1) is 12.8 Å². The monoisotopic (exact) mass is 181 g/mol. The first-order chi connectivity index (χ1) is 6.34. The summed E-state index contributed by atoms with van der Waals surface area (Å²) in [6.07, 6.45) is 3.43. The lowest BCUT2D eigenvalue weighted by Crippen LogP contribution is -2.28. The number of rotatable bonds is 2. The molecule has 1 aliphatic heterocycles. The minimum atomic E-state index is 0.670. The van der Waals surface area contributed by atoms with Gasteiger partial charge in [0.2, 0.25) is 5.89 Å². The van der Waals surface area contributed by atoms with Crippen LogP contribution in [0.1, 0.15) is 24.6 Å². The van der Waals surface area contributed by atoms with Crippen molar-refractivity contribution in [2.45, 2.75) is 26.2 Å². The van der Waals surface area contributed by atoms with Crippen LogP contribution in [0.5, 0.6) is 0 Å². The smallest absolute Gasteiger partial charge is 0.223 e. The maximum atomic E-state index is 4.93. The third-order valence-corrected chi connectivity index (χ3v) is 2.50. The molecule has 1 saturated heterocycles. The van der Waals surface area contributed by atoms with Crippen molar-refractivity contribution in [2.75, 3.05) is 13.1 Å². The molecule has 0 unspecified atom stereocenters. The zero-order valence-corrected chi connectivity index (χ0v) is 7.92. The molecule has 0 amide bonds. The maximum absolute atomic E-state index is 4.93. The Morgan fingerprint density at radius 2 is 2.23 bits per heavy atom. The van der Waals surface area contributed by atoms with Gasteiger partial charge in [0.05, 0.1) is 0 Å². The molecule has 0 aromatic carbocycles. The van der Waals surface area contributed by atoms with Crippen LogP contribution < -0.4 is 5.32 Å². The summed E-state index contributed by atoms with van der Waals surface area (Å²) in [5.41, 5.74) is 0. The molecule has 4 nitrogen and oxygen atoms in total. The van der Waals surface area contributed by atoms with Crippen LogP contribution in [0.2, 0.25) is 0 Å². The molecule has 0 spiro atoms. The van der Waals surface area contributed by atoms with E-state index < -0.39 is 0 Å². The molecule has 72 valence electrons. The Kier molecular flexibility index (Phi) is 2.59. The Hall–Kier alpha value is -0.900. The number of nitrogens with zero attached hydrogens (tertiary/aromatic N) is 2. The van der Waals surface area contributed by atoms with E-state index in [9.17, 15) is 0 Å². The molecule has 4 heteroatoms. The number of aryl methyl sites for hydroxylation is 1. The van der Waals surface area contributed by atoms with Crippen LogP contribution >= 0.6 is 0 Å². The van der Waals surface area contributed by atoms with Gasteiger partial charge in [0.25, 0.3) is 0 Å². The average Bonchev–Trinajstić information content (AvgIpc) is 2.53. The van der Waals surface area contributed by atoms with E-state index in [4.69, 9.17) is 4.52 Å². The lowest BCUT2D eigenvalue weighted by atomic mass is 9.94. The first-order valence-electron chi connectivity index (χ1n) is 4.84. The topological polar surface area (TPSA) is 51.0 Å². The molecule has 0 radical (unpaired) electrons. The van der Waals surface area contributed by atoms with Crippen LogP contribution in [0.15, 0.2) is 4.52 Å². The molecule has 0 saturated carbocycles. The van der Waals surface area contributed by atoms with Gasteiger partial charge in [0.15, 0.2) is 5.82 Å². The van der Waals surface area contributed by atoms with Crippen LogP contribution in [0.4, 0.5) is 0 Å². The lowest BCUT2D eigenvalue weighted by Gasteiger charge is -2.20. The predicted octanol–water partition coefficient (Wildman–Crippen LogP) is 0.920.